The summed E-state index contributed by atoms with van der Waals surface area (Å²) in [5.74, 6) is 0. The molecule has 1 aromatic carbocycles. The number of aromatic amines is 1. The van der Waals surface area contributed by atoms with E-state index in [0.717, 1.165) is 6.54 Å². The van der Waals surface area contributed by atoms with Gasteiger partial charge in [0.25, 0.3) is 0 Å². The average molecular weight is 214 g/mol. The molecule has 16 heavy (non-hydrogen) atoms. The molecule has 0 saturated heterocycles. The Labute approximate surface area is 95.8 Å². The highest BCUT2D eigenvalue weighted by Gasteiger charge is 2.45. The Hall–Kier alpha value is -1.28. The van der Waals surface area contributed by atoms with Gasteiger partial charge in [0.15, 0.2) is 0 Å². The van der Waals surface area contributed by atoms with E-state index in [1.165, 1.54) is 40.6 Å². The van der Waals surface area contributed by atoms with Crippen LogP contribution in [-0.2, 0) is 5.41 Å². The summed E-state index contributed by atoms with van der Waals surface area (Å²) in [6, 6.07) is 6.64. The molecule has 2 heteroatoms. The van der Waals surface area contributed by atoms with Crippen LogP contribution in [0.2, 0.25) is 0 Å². The summed E-state index contributed by atoms with van der Waals surface area (Å²) < 4.78 is 0. The molecule has 1 aliphatic rings. The second kappa shape index (κ2) is 3.11. The van der Waals surface area contributed by atoms with Gasteiger partial charge in [-0.2, -0.15) is 0 Å². The summed E-state index contributed by atoms with van der Waals surface area (Å²) in [5.41, 5.74) is 11.5. The Morgan fingerprint density at radius 1 is 1.31 bits per heavy atom. The number of benzene rings is 1. The van der Waals surface area contributed by atoms with Gasteiger partial charge in [0.1, 0.15) is 0 Å². The largest absolute Gasteiger partial charge is 0.358 e. The van der Waals surface area contributed by atoms with Crippen molar-refractivity contribution in [2.24, 2.45) is 5.73 Å². The summed E-state index contributed by atoms with van der Waals surface area (Å²) >= 11 is 0. The van der Waals surface area contributed by atoms with Crippen LogP contribution in [0.3, 0.4) is 0 Å². The van der Waals surface area contributed by atoms with E-state index in [-0.39, 0.29) is 5.41 Å². The maximum Gasteiger partial charge on any atom is 0.0461 e. The molecule has 0 amide bonds. The molecular formula is C14H18N2. The van der Waals surface area contributed by atoms with Gasteiger partial charge < -0.3 is 10.7 Å². The SMILES string of the molecule is Cc1ccc2c(C3(CN)CC3)c(C)[nH]c2c1. The van der Waals surface area contributed by atoms with Gasteiger partial charge in [0.05, 0.1) is 0 Å². The summed E-state index contributed by atoms with van der Waals surface area (Å²) in [6.07, 6.45) is 2.48. The monoisotopic (exact) mass is 214 g/mol. The summed E-state index contributed by atoms with van der Waals surface area (Å²) in [6.45, 7) is 5.07. The lowest BCUT2D eigenvalue weighted by molar-refractivity contribution is 0.705. The fraction of sp³-hybridized carbons (Fsp3) is 0.429. The Morgan fingerprint density at radius 3 is 2.69 bits per heavy atom. The Balaban J connectivity index is 2.28. The number of H-pyrrole nitrogens is 1. The third-order valence-electron chi connectivity index (χ3n) is 3.92. The maximum absolute atomic E-state index is 5.94. The highest BCUT2D eigenvalue weighted by atomic mass is 14.8. The standard InChI is InChI=1S/C14H18N2/c1-9-3-4-11-12(7-9)16-10(2)13(11)14(8-15)5-6-14/h3-4,7,16H,5-6,8,15H2,1-2H3. The van der Waals surface area contributed by atoms with Crippen LogP contribution in [0, 0.1) is 13.8 Å². The molecule has 0 bridgehead atoms. The van der Waals surface area contributed by atoms with E-state index < -0.39 is 0 Å². The van der Waals surface area contributed by atoms with E-state index in [4.69, 9.17) is 5.73 Å². The van der Waals surface area contributed by atoms with Gasteiger partial charge in [-0.25, -0.2) is 0 Å². The Bertz CT molecular complexity index is 547. The lowest BCUT2D eigenvalue weighted by Gasteiger charge is -2.13. The number of aryl methyl sites for hydroxylation is 2. The first-order valence-electron chi connectivity index (χ1n) is 5.96. The molecule has 1 aliphatic carbocycles. The zero-order valence-corrected chi connectivity index (χ0v) is 9.93. The van der Waals surface area contributed by atoms with Crippen molar-refractivity contribution < 1.29 is 0 Å². The van der Waals surface area contributed by atoms with Crippen LogP contribution in [0.15, 0.2) is 18.2 Å². The lowest BCUT2D eigenvalue weighted by Crippen LogP contribution is -2.20. The number of nitrogens with one attached hydrogen (secondary N) is 1. The Kier molecular flexibility index (Phi) is 1.93. The average Bonchev–Trinajstić information content (AvgIpc) is 2.96. The van der Waals surface area contributed by atoms with E-state index in [9.17, 15) is 0 Å². The van der Waals surface area contributed by atoms with Crippen molar-refractivity contribution in [3.05, 3.63) is 35.0 Å². The van der Waals surface area contributed by atoms with Crippen LogP contribution in [0.25, 0.3) is 10.9 Å². The molecule has 0 radical (unpaired) electrons. The molecule has 1 fully saturated rings. The van der Waals surface area contributed by atoms with E-state index in [1.54, 1.807) is 0 Å². The van der Waals surface area contributed by atoms with Crippen LogP contribution in [0.4, 0.5) is 0 Å². The summed E-state index contributed by atoms with van der Waals surface area (Å²) in [7, 11) is 0. The normalized spacial score (nSPS) is 17.9. The van der Waals surface area contributed by atoms with Crippen LogP contribution in [-0.4, -0.2) is 11.5 Å². The molecule has 0 spiro atoms. The first-order valence-corrected chi connectivity index (χ1v) is 5.96. The summed E-state index contributed by atoms with van der Waals surface area (Å²) in [5, 5.41) is 1.37. The zero-order valence-electron chi connectivity index (χ0n) is 9.93. The molecule has 84 valence electrons. The second-order valence-corrected chi connectivity index (χ2v) is 5.16. The molecular weight excluding hydrogens is 196 g/mol. The first kappa shape index (κ1) is 9.91. The fourth-order valence-electron chi connectivity index (χ4n) is 2.84. The molecule has 1 saturated carbocycles. The van der Waals surface area contributed by atoms with Crippen LogP contribution in [0.5, 0.6) is 0 Å². The highest BCUT2D eigenvalue weighted by molar-refractivity contribution is 5.87. The van der Waals surface area contributed by atoms with Crippen molar-refractivity contribution in [1.82, 2.24) is 4.98 Å². The van der Waals surface area contributed by atoms with Crippen molar-refractivity contribution in [2.75, 3.05) is 6.54 Å². The highest BCUT2D eigenvalue weighted by Crippen LogP contribution is 2.50. The van der Waals surface area contributed by atoms with E-state index in [0.29, 0.717) is 0 Å². The second-order valence-electron chi connectivity index (χ2n) is 5.16. The molecule has 2 nitrogen and oxygen atoms in total. The number of hydrogen-bond acceptors (Lipinski definition) is 1. The van der Waals surface area contributed by atoms with Gasteiger partial charge in [-0.1, -0.05) is 12.1 Å². The predicted octanol–water partition coefficient (Wildman–Crippen LogP) is 2.78. The molecule has 0 atom stereocenters. The minimum absolute atomic E-state index is 0.275. The number of aromatic nitrogens is 1. The van der Waals surface area contributed by atoms with Gasteiger partial charge in [0, 0.05) is 28.6 Å². The fourth-order valence-corrected chi connectivity index (χ4v) is 2.84. The van der Waals surface area contributed by atoms with E-state index in [1.807, 2.05) is 0 Å². The van der Waals surface area contributed by atoms with Gasteiger partial charge in [-0.3, -0.25) is 0 Å². The molecule has 1 aromatic heterocycles. The van der Waals surface area contributed by atoms with Crippen LogP contribution < -0.4 is 5.73 Å². The minimum atomic E-state index is 0.275. The predicted molar refractivity (Wildman–Crippen MR) is 67.7 cm³/mol. The van der Waals surface area contributed by atoms with E-state index >= 15 is 0 Å². The molecule has 1 heterocycles. The van der Waals surface area contributed by atoms with Gasteiger partial charge in [-0.05, 0) is 43.9 Å². The first-order chi connectivity index (χ1) is 7.66. The number of fused-ring (bicyclic) bond motifs is 1. The van der Waals surface area contributed by atoms with Gasteiger partial charge >= 0.3 is 0 Å². The summed E-state index contributed by atoms with van der Waals surface area (Å²) in [4.78, 5) is 3.49. The number of hydrogen-bond donors (Lipinski definition) is 2. The molecule has 2 aromatic rings. The zero-order chi connectivity index (χ0) is 11.3. The topological polar surface area (TPSA) is 41.8 Å². The Morgan fingerprint density at radius 2 is 2.06 bits per heavy atom. The van der Waals surface area contributed by atoms with Crippen molar-refractivity contribution in [3.8, 4) is 0 Å². The number of nitrogens with two attached hydrogens (primary N) is 1. The third-order valence-corrected chi connectivity index (χ3v) is 3.92. The molecule has 0 aliphatic heterocycles. The smallest absolute Gasteiger partial charge is 0.0461 e. The third kappa shape index (κ3) is 1.23. The van der Waals surface area contributed by atoms with E-state index in [2.05, 4.69) is 37.0 Å². The molecule has 3 N–H and O–H groups in total. The van der Waals surface area contributed by atoms with Gasteiger partial charge in [-0.15, -0.1) is 0 Å². The molecule has 3 rings (SSSR count). The minimum Gasteiger partial charge on any atom is -0.358 e. The van der Waals surface area contributed by atoms with Crippen molar-refractivity contribution in [1.29, 1.82) is 0 Å². The number of rotatable bonds is 2. The van der Waals surface area contributed by atoms with Crippen molar-refractivity contribution in [2.45, 2.75) is 32.1 Å². The maximum atomic E-state index is 5.94. The van der Waals surface area contributed by atoms with Crippen LogP contribution >= 0.6 is 0 Å². The van der Waals surface area contributed by atoms with Crippen molar-refractivity contribution in [3.63, 3.8) is 0 Å². The van der Waals surface area contributed by atoms with Crippen LogP contribution in [0.1, 0.15) is 29.7 Å². The molecule has 0 unspecified atom stereocenters. The lowest BCUT2D eigenvalue weighted by atomic mass is 9.93. The van der Waals surface area contributed by atoms with Crippen molar-refractivity contribution >= 4 is 10.9 Å². The quantitative estimate of drug-likeness (QED) is 0.793. The van der Waals surface area contributed by atoms with Gasteiger partial charge in [0.2, 0.25) is 0 Å².